The van der Waals surface area contributed by atoms with Gasteiger partial charge in [0, 0.05) is 31.7 Å². The number of piperazine rings is 1. The van der Waals surface area contributed by atoms with Crippen molar-refractivity contribution in [2.75, 3.05) is 39.8 Å². The van der Waals surface area contributed by atoms with Crippen molar-refractivity contribution in [2.24, 2.45) is 0 Å². The summed E-state index contributed by atoms with van der Waals surface area (Å²) in [5, 5.41) is 3.65. The molecule has 1 rings (SSSR count). The van der Waals surface area contributed by atoms with Crippen molar-refractivity contribution in [3.05, 3.63) is 0 Å². The highest BCUT2D eigenvalue weighted by Crippen LogP contribution is 2.10. The van der Waals surface area contributed by atoms with Crippen LogP contribution in [0.1, 0.15) is 46.5 Å². The molecule has 108 valence electrons. The quantitative estimate of drug-likeness (QED) is 0.717. The van der Waals surface area contributed by atoms with Crippen LogP contribution in [0.25, 0.3) is 0 Å². The van der Waals surface area contributed by atoms with Crippen LogP contribution >= 0.6 is 0 Å². The van der Waals surface area contributed by atoms with Crippen molar-refractivity contribution in [3.8, 4) is 0 Å². The fourth-order valence-corrected chi connectivity index (χ4v) is 2.85. The van der Waals surface area contributed by atoms with E-state index in [-0.39, 0.29) is 0 Å². The molecule has 1 aliphatic rings. The van der Waals surface area contributed by atoms with Crippen molar-refractivity contribution in [3.63, 3.8) is 0 Å². The van der Waals surface area contributed by atoms with Gasteiger partial charge in [0.25, 0.3) is 0 Å². The third-order valence-corrected chi connectivity index (χ3v) is 4.14. The van der Waals surface area contributed by atoms with E-state index in [4.69, 9.17) is 0 Å². The van der Waals surface area contributed by atoms with Crippen LogP contribution in [-0.2, 0) is 0 Å². The topological polar surface area (TPSA) is 18.5 Å². The average molecular weight is 255 g/mol. The maximum absolute atomic E-state index is 3.65. The van der Waals surface area contributed by atoms with Crippen LogP contribution in [0.15, 0.2) is 0 Å². The van der Waals surface area contributed by atoms with Gasteiger partial charge in [-0.25, -0.2) is 0 Å². The molecule has 1 fully saturated rings. The second-order valence-electron chi connectivity index (χ2n) is 5.85. The third kappa shape index (κ3) is 5.68. The van der Waals surface area contributed by atoms with Gasteiger partial charge in [-0.2, -0.15) is 0 Å². The Bertz CT molecular complexity index is 208. The molecule has 0 aromatic rings. The van der Waals surface area contributed by atoms with Crippen molar-refractivity contribution in [2.45, 2.75) is 58.5 Å². The van der Waals surface area contributed by atoms with Crippen molar-refractivity contribution < 1.29 is 0 Å². The van der Waals surface area contributed by atoms with E-state index >= 15 is 0 Å². The van der Waals surface area contributed by atoms with Gasteiger partial charge in [0.15, 0.2) is 0 Å². The maximum atomic E-state index is 3.65. The van der Waals surface area contributed by atoms with Gasteiger partial charge in [-0.05, 0) is 52.7 Å². The zero-order valence-corrected chi connectivity index (χ0v) is 12.9. The SMILES string of the molecule is CCCNC(CC)CCCN1CCN(C)CC1C. The van der Waals surface area contributed by atoms with E-state index in [9.17, 15) is 0 Å². The third-order valence-electron chi connectivity index (χ3n) is 4.14. The molecule has 0 bridgehead atoms. The van der Waals surface area contributed by atoms with Gasteiger partial charge in [0.05, 0.1) is 0 Å². The molecule has 1 N–H and O–H groups in total. The van der Waals surface area contributed by atoms with Crippen LogP contribution in [-0.4, -0.2) is 61.7 Å². The van der Waals surface area contributed by atoms with Gasteiger partial charge in [-0.15, -0.1) is 0 Å². The number of hydrogen-bond acceptors (Lipinski definition) is 3. The second-order valence-corrected chi connectivity index (χ2v) is 5.85. The Morgan fingerprint density at radius 2 is 2.06 bits per heavy atom. The summed E-state index contributed by atoms with van der Waals surface area (Å²) < 4.78 is 0. The molecule has 1 aliphatic heterocycles. The summed E-state index contributed by atoms with van der Waals surface area (Å²) in [6, 6.07) is 1.46. The molecular formula is C15H33N3. The predicted octanol–water partition coefficient (Wildman–Crippen LogP) is 2.18. The van der Waals surface area contributed by atoms with Gasteiger partial charge in [-0.3, -0.25) is 4.90 Å². The van der Waals surface area contributed by atoms with E-state index < -0.39 is 0 Å². The molecule has 2 atom stereocenters. The molecule has 0 radical (unpaired) electrons. The molecule has 0 saturated carbocycles. The lowest BCUT2D eigenvalue weighted by atomic mass is 10.1. The summed E-state index contributed by atoms with van der Waals surface area (Å²) in [5.74, 6) is 0. The number of hydrogen-bond donors (Lipinski definition) is 1. The van der Waals surface area contributed by atoms with Gasteiger partial charge < -0.3 is 10.2 Å². The summed E-state index contributed by atoms with van der Waals surface area (Å²) in [7, 11) is 2.23. The molecule has 2 unspecified atom stereocenters. The first kappa shape index (κ1) is 15.9. The van der Waals surface area contributed by atoms with E-state index in [1.54, 1.807) is 0 Å². The highest BCUT2D eigenvalue weighted by molar-refractivity contribution is 4.77. The number of nitrogens with one attached hydrogen (secondary N) is 1. The minimum Gasteiger partial charge on any atom is -0.314 e. The Morgan fingerprint density at radius 1 is 1.28 bits per heavy atom. The Kier molecular flexibility index (Phi) is 7.87. The summed E-state index contributed by atoms with van der Waals surface area (Å²) in [6.07, 6.45) is 5.17. The molecule has 18 heavy (non-hydrogen) atoms. The van der Waals surface area contributed by atoms with Crippen molar-refractivity contribution in [1.82, 2.24) is 15.1 Å². The lowest BCUT2D eigenvalue weighted by molar-refractivity contribution is 0.0977. The monoisotopic (exact) mass is 255 g/mol. The molecule has 3 heteroatoms. The molecule has 3 nitrogen and oxygen atoms in total. The van der Waals surface area contributed by atoms with Crippen molar-refractivity contribution >= 4 is 0 Å². The second kappa shape index (κ2) is 8.89. The van der Waals surface area contributed by atoms with Gasteiger partial charge >= 0.3 is 0 Å². The molecule has 0 amide bonds. The van der Waals surface area contributed by atoms with Crippen LogP contribution in [0.3, 0.4) is 0 Å². The smallest absolute Gasteiger partial charge is 0.0195 e. The van der Waals surface area contributed by atoms with Crippen LogP contribution < -0.4 is 5.32 Å². The number of rotatable bonds is 8. The first-order valence-corrected chi connectivity index (χ1v) is 7.83. The van der Waals surface area contributed by atoms with Gasteiger partial charge in [0.1, 0.15) is 0 Å². The van der Waals surface area contributed by atoms with Gasteiger partial charge in [0.2, 0.25) is 0 Å². The molecule has 0 aromatic carbocycles. The van der Waals surface area contributed by atoms with Crippen LogP contribution in [0, 0.1) is 0 Å². The van der Waals surface area contributed by atoms with Crippen molar-refractivity contribution in [1.29, 1.82) is 0 Å². The molecule has 1 saturated heterocycles. The zero-order chi connectivity index (χ0) is 13.4. The van der Waals surface area contributed by atoms with Crippen LogP contribution in [0.2, 0.25) is 0 Å². The fourth-order valence-electron chi connectivity index (χ4n) is 2.85. The zero-order valence-electron chi connectivity index (χ0n) is 12.9. The fraction of sp³-hybridized carbons (Fsp3) is 1.00. The molecule has 1 heterocycles. The molecule has 0 aliphatic carbocycles. The standard InChI is InChI=1S/C15H33N3/c1-5-9-16-15(6-2)8-7-10-18-12-11-17(4)13-14(18)3/h14-16H,5-13H2,1-4H3. The lowest BCUT2D eigenvalue weighted by Crippen LogP contribution is -2.50. The first-order valence-electron chi connectivity index (χ1n) is 7.83. The molecular weight excluding hydrogens is 222 g/mol. The summed E-state index contributed by atoms with van der Waals surface area (Å²) in [4.78, 5) is 5.10. The highest BCUT2D eigenvalue weighted by atomic mass is 15.3. The van der Waals surface area contributed by atoms with E-state index in [0.29, 0.717) is 0 Å². The van der Waals surface area contributed by atoms with E-state index in [2.05, 4.69) is 42.9 Å². The summed E-state index contributed by atoms with van der Waals surface area (Å²) in [6.45, 7) is 13.1. The summed E-state index contributed by atoms with van der Waals surface area (Å²) >= 11 is 0. The Labute approximate surface area is 114 Å². The Hall–Kier alpha value is -0.120. The van der Waals surface area contributed by atoms with E-state index in [1.807, 2.05) is 0 Å². The average Bonchev–Trinajstić information content (AvgIpc) is 2.36. The summed E-state index contributed by atoms with van der Waals surface area (Å²) in [5.41, 5.74) is 0. The lowest BCUT2D eigenvalue weighted by Gasteiger charge is -2.38. The van der Waals surface area contributed by atoms with E-state index in [0.717, 1.165) is 12.1 Å². The van der Waals surface area contributed by atoms with Crippen LogP contribution in [0.5, 0.6) is 0 Å². The van der Waals surface area contributed by atoms with Crippen LogP contribution in [0.4, 0.5) is 0 Å². The predicted molar refractivity (Wildman–Crippen MR) is 80.1 cm³/mol. The molecule has 0 aromatic heterocycles. The highest BCUT2D eigenvalue weighted by Gasteiger charge is 2.20. The maximum Gasteiger partial charge on any atom is 0.0195 e. The first-order chi connectivity index (χ1) is 8.67. The normalized spacial score (nSPS) is 24.3. The number of likely N-dealkylation sites (N-methyl/N-ethyl adjacent to an activating group) is 1. The van der Waals surface area contributed by atoms with E-state index in [1.165, 1.54) is 58.4 Å². The van der Waals surface area contributed by atoms with Gasteiger partial charge in [-0.1, -0.05) is 13.8 Å². The number of nitrogens with zero attached hydrogens (tertiary/aromatic N) is 2. The largest absolute Gasteiger partial charge is 0.314 e. The minimum absolute atomic E-state index is 0.729. The molecule has 0 spiro atoms. The Balaban J connectivity index is 2.15. The minimum atomic E-state index is 0.729. The Morgan fingerprint density at radius 3 is 2.67 bits per heavy atom.